The van der Waals surface area contributed by atoms with Crippen LogP contribution < -0.4 is 5.32 Å². The Kier molecular flexibility index (Phi) is 6.83. The van der Waals surface area contributed by atoms with E-state index in [1.165, 1.54) is 5.56 Å². The summed E-state index contributed by atoms with van der Waals surface area (Å²) in [5.41, 5.74) is 3.23. The summed E-state index contributed by atoms with van der Waals surface area (Å²) in [5, 5.41) is 3.21. The maximum absolute atomic E-state index is 12.5. The molecular formula is C24H30N2O. The summed E-state index contributed by atoms with van der Waals surface area (Å²) in [5.74, 6) is 0.566. The first-order valence-corrected chi connectivity index (χ1v) is 9.95. The van der Waals surface area contributed by atoms with E-state index in [1.807, 2.05) is 24.3 Å². The molecule has 142 valence electrons. The zero-order valence-electron chi connectivity index (χ0n) is 16.4. The minimum Gasteiger partial charge on any atom is -0.349 e. The summed E-state index contributed by atoms with van der Waals surface area (Å²) in [6.45, 7) is 7.36. The van der Waals surface area contributed by atoms with Gasteiger partial charge >= 0.3 is 0 Å². The molecule has 0 spiro atoms. The number of nitrogens with one attached hydrogen (secondary N) is 1. The second kappa shape index (κ2) is 9.52. The smallest absolute Gasteiger partial charge is 0.251 e. The Morgan fingerprint density at radius 3 is 2.37 bits per heavy atom. The van der Waals surface area contributed by atoms with Crippen molar-refractivity contribution < 1.29 is 4.79 Å². The summed E-state index contributed by atoms with van der Waals surface area (Å²) in [6.07, 6.45) is 6.29. The fourth-order valence-corrected chi connectivity index (χ4v) is 3.39. The molecule has 3 heteroatoms. The van der Waals surface area contributed by atoms with Gasteiger partial charge in [0.15, 0.2) is 0 Å². The molecule has 1 fully saturated rings. The van der Waals surface area contributed by atoms with Gasteiger partial charge < -0.3 is 5.32 Å². The van der Waals surface area contributed by atoms with Crippen LogP contribution in [0.25, 0.3) is 6.08 Å². The molecule has 1 N–H and O–H groups in total. The average molecular weight is 363 g/mol. The number of carbonyl (C=O) groups is 1. The van der Waals surface area contributed by atoms with Gasteiger partial charge in [-0.3, -0.25) is 9.69 Å². The lowest BCUT2D eigenvalue weighted by molar-refractivity contribution is 0.0909. The predicted octanol–water partition coefficient (Wildman–Crippen LogP) is 4.75. The molecule has 0 aliphatic carbocycles. The molecule has 0 bridgehead atoms. The molecular weight excluding hydrogens is 332 g/mol. The van der Waals surface area contributed by atoms with Crippen molar-refractivity contribution in [2.45, 2.75) is 39.3 Å². The first-order chi connectivity index (χ1) is 13.1. The van der Waals surface area contributed by atoms with Crippen molar-refractivity contribution in [3.8, 4) is 0 Å². The third-order valence-electron chi connectivity index (χ3n) is 5.02. The van der Waals surface area contributed by atoms with Crippen LogP contribution in [-0.2, 0) is 6.54 Å². The van der Waals surface area contributed by atoms with Gasteiger partial charge in [-0.2, -0.15) is 0 Å². The fraction of sp³-hybridized carbons (Fsp3) is 0.375. The minimum absolute atomic E-state index is 0.0379. The molecule has 0 unspecified atom stereocenters. The molecule has 1 amide bonds. The normalized spacial score (nSPS) is 16.1. The van der Waals surface area contributed by atoms with Crippen LogP contribution >= 0.6 is 0 Å². The second-order valence-corrected chi connectivity index (χ2v) is 7.73. The monoisotopic (exact) mass is 362 g/mol. The van der Waals surface area contributed by atoms with E-state index in [0.717, 1.165) is 43.6 Å². The maximum Gasteiger partial charge on any atom is 0.251 e. The number of likely N-dealkylation sites (tertiary alicyclic amines) is 1. The van der Waals surface area contributed by atoms with E-state index < -0.39 is 0 Å². The Balaban J connectivity index is 1.46. The van der Waals surface area contributed by atoms with Crippen molar-refractivity contribution >= 4 is 12.0 Å². The molecule has 2 aromatic rings. The van der Waals surface area contributed by atoms with Crippen LogP contribution in [0.3, 0.4) is 0 Å². The topological polar surface area (TPSA) is 32.3 Å². The highest BCUT2D eigenvalue weighted by molar-refractivity contribution is 5.94. The number of hydrogen-bond acceptors (Lipinski definition) is 2. The fourth-order valence-electron chi connectivity index (χ4n) is 3.39. The van der Waals surface area contributed by atoms with Crippen LogP contribution in [0.5, 0.6) is 0 Å². The van der Waals surface area contributed by atoms with Gasteiger partial charge in [0.25, 0.3) is 5.91 Å². The van der Waals surface area contributed by atoms with Crippen LogP contribution in [0.2, 0.25) is 0 Å². The number of benzene rings is 2. The molecule has 0 atom stereocenters. The van der Waals surface area contributed by atoms with Crippen molar-refractivity contribution in [1.82, 2.24) is 10.2 Å². The Bertz CT molecular complexity index is 742. The molecule has 2 aromatic carbocycles. The van der Waals surface area contributed by atoms with E-state index >= 15 is 0 Å². The Hall–Kier alpha value is -2.39. The number of carbonyl (C=O) groups excluding carboxylic acids is 1. The zero-order valence-corrected chi connectivity index (χ0v) is 16.4. The molecule has 1 heterocycles. The van der Waals surface area contributed by atoms with Crippen LogP contribution in [0.15, 0.2) is 60.7 Å². The van der Waals surface area contributed by atoms with E-state index in [4.69, 9.17) is 0 Å². The third-order valence-corrected chi connectivity index (χ3v) is 5.02. The number of nitrogens with zero attached hydrogens (tertiary/aromatic N) is 1. The number of rotatable bonds is 6. The molecule has 0 saturated carbocycles. The lowest BCUT2D eigenvalue weighted by Gasteiger charge is -2.32. The lowest BCUT2D eigenvalue weighted by atomic mass is 10.0. The van der Waals surface area contributed by atoms with Gasteiger partial charge in [0.2, 0.25) is 0 Å². The molecule has 0 radical (unpaired) electrons. The predicted molar refractivity (Wildman–Crippen MR) is 113 cm³/mol. The highest BCUT2D eigenvalue weighted by atomic mass is 16.1. The Labute approximate surface area is 163 Å². The van der Waals surface area contributed by atoms with Crippen LogP contribution in [0.4, 0.5) is 0 Å². The molecule has 3 nitrogen and oxygen atoms in total. The maximum atomic E-state index is 12.5. The van der Waals surface area contributed by atoms with Crippen molar-refractivity contribution in [2.75, 3.05) is 13.1 Å². The van der Waals surface area contributed by atoms with Crippen molar-refractivity contribution in [1.29, 1.82) is 0 Å². The van der Waals surface area contributed by atoms with Gasteiger partial charge in [-0.05, 0) is 42.0 Å². The van der Waals surface area contributed by atoms with E-state index in [1.54, 1.807) is 0 Å². The first kappa shape index (κ1) is 19.4. The van der Waals surface area contributed by atoms with Crippen molar-refractivity contribution in [3.63, 3.8) is 0 Å². The molecule has 1 aliphatic rings. The summed E-state index contributed by atoms with van der Waals surface area (Å²) < 4.78 is 0. The Morgan fingerprint density at radius 2 is 1.74 bits per heavy atom. The van der Waals surface area contributed by atoms with Gasteiger partial charge in [-0.1, -0.05) is 68.5 Å². The Morgan fingerprint density at radius 1 is 1.07 bits per heavy atom. The van der Waals surface area contributed by atoms with Gasteiger partial charge in [0, 0.05) is 31.2 Å². The van der Waals surface area contributed by atoms with E-state index in [9.17, 15) is 4.79 Å². The van der Waals surface area contributed by atoms with E-state index in [0.29, 0.717) is 5.92 Å². The second-order valence-electron chi connectivity index (χ2n) is 7.73. The number of amides is 1. The summed E-state index contributed by atoms with van der Waals surface area (Å²) in [6, 6.07) is 18.7. The van der Waals surface area contributed by atoms with Gasteiger partial charge in [0.05, 0.1) is 0 Å². The molecule has 0 aromatic heterocycles. The summed E-state index contributed by atoms with van der Waals surface area (Å²) in [4.78, 5) is 15.0. The molecule has 27 heavy (non-hydrogen) atoms. The first-order valence-electron chi connectivity index (χ1n) is 9.95. The lowest BCUT2D eigenvalue weighted by Crippen LogP contribution is -2.44. The summed E-state index contributed by atoms with van der Waals surface area (Å²) in [7, 11) is 0. The molecule has 3 rings (SSSR count). The average Bonchev–Trinajstić information content (AvgIpc) is 2.69. The van der Waals surface area contributed by atoms with Gasteiger partial charge in [0.1, 0.15) is 0 Å². The van der Waals surface area contributed by atoms with E-state index in [2.05, 4.69) is 66.5 Å². The van der Waals surface area contributed by atoms with Crippen LogP contribution in [0.1, 0.15) is 48.2 Å². The largest absolute Gasteiger partial charge is 0.349 e. The summed E-state index contributed by atoms with van der Waals surface area (Å²) >= 11 is 0. The SMILES string of the molecule is CC(C)C=Cc1ccc(C(=O)NC2CCN(Cc3ccccc3)CC2)cc1. The van der Waals surface area contributed by atoms with Crippen molar-refractivity contribution in [2.24, 2.45) is 5.92 Å². The quantitative estimate of drug-likeness (QED) is 0.804. The van der Waals surface area contributed by atoms with Crippen LogP contribution in [-0.4, -0.2) is 29.9 Å². The van der Waals surface area contributed by atoms with Gasteiger partial charge in [-0.25, -0.2) is 0 Å². The number of allylic oxidation sites excluding steroid dienone is 1. The zero-order chi connectivity index (χ0) is 19.1. The number of piperidine rings is 1. The molecule has 1 saturated heterocycles. The highest BCUT2D eigenvalue weighted by Gasteiger charge is 2.21. The highest BCUT2D eigenvalue weighted by Crippen LogP contribution is 2.15. The van der Waals surface area contributed by atoms with Crippen LogP contribution in [0, 0.1) is 5.92 Å². The minimum atomic E-state index is 0.0379. The standard InChI is InChI=1S/C24H30N2O/c1-19(2)8-9-20-10-12-22(13-11-20)24(27)25-23-14-16-26(17-15-23)18-21-6-4-3-5-7-21/h3-13,19,23H,14-18H2,1-2H3,(H,25,27). The molecule has 1 aliphatic heterocycles. The third kappa shape index (κ3) is 6.07. The van der Waals surface area contributed by atoms with E-state index in [-0.39, 0.29) is 11.9 Å². The number of hydrogen-bond donors (Lipinski definition) is 1. The van der Waals surface area contributed by atoms with Gasteiger partial charge in [-0.15, -0.1) is 0 Å². The van der Waals surface area contributed by atoms with Crippen molar-refractivity contribution in [3.05, 3.63) is 77.4 Å².